The minimum Gasteiger partial charge on any atom is -0.359 e. The summed E-state index contributed by atoms with van der Waals surface area (Å²) in [6, 6.07) is 7.82. The third kappa shape index (κ3) is 2.51. The molecule has 1 atom stereocenters. The molecule has 0 aliphatic carbocycles. The Hall–Kier alpha value is -1.49. The van der Waals surface area contributed by atoms with E-state index in [9.17, 15) is 9.59 Å². The van der Waals surface area contributed by atoms with E-state index in [1.165, 1.54) is 0 Å². The molecule has 0 saturated carbocycles. The third-order valence-electron chi connectivity index (χ3n) is 3.11. The molecule has 5 heteroatoms. The van der Waals surface area contributed by atoms with Gasteiger partial charge < -0.3 is 10.2 Å². The zero-order chi connectivity index (χ0) is 13.1. The second kappa shape index (κ2) is 5.44. The van der Waals surface area contributed by atoms with Gasteiger partial charge in [0.1, 0.15) is 0 Å². The van der Waals surface area contributed by atoms with Crippen LogP contribution in [0, 0.1) is 5.92 Å². The maximum atomic E-state index is 11.9. The third-order valence-corrected chi connectivity index (χ3v) is 3.83. The first-order valence-electron chi connectivity index (χ1n) is 5.81. The summed E-state index contributed by atoms with van der Waals surface area (Å²) in [7, 11) is 1.60. The quantitative estimate of drug-likeness (QED) is 0.842. The highest BCUT2D eigenvalue weighted by atomic mass is 32.2. The molecule has 4 nitrogen and oxygen atoms in total. The van der Waals surface area contributed by atoms with Crippen LogP contribution in [0.1, 0.15) is 6.42 Å². The van der Waals surface area contributed by atoms with E-state index in [1.807, 2.05) is 30.5 Å². The van der Waals surface area contributed by atoms with Crippen molar-refractivity contribution in [3.8, 4) is 0 Å². The van der Waals surface area contributed by atoms with Gasteiger partial charge in [0.15, 0.2) is 0 Å². The number of benzene rings is 1. The monoisotopic (exact) mass is 264 g/mol. The number of carbonyl (C=O) groups is 2. The van der Waals surface area contributed by atoms with Gasteiger partial charge in [-0.15, -0.1) is 11.8 Å². The highest BCUT2D eigenvalue weighted by Crippen LogP contribution is 2.28. The normalized spacial score (nSPS) is 19.1. The van der Waals surface area contributed by atoms with Gasteiger partial charge in [0, 0.05) is 30.6 Å². The lowest BCUT2D eigenvalue weighted by Gasteiger charge is -2.17. The molecule has 0 radical (unpaired) electrons. The fourth-order valence-corrected chi connectivity index (χ4v) is 2.57. The van der Waals surface area contributed by atoms with Crippen LogP contribution in [0.25, 0.3) is 0 Å². The molecule has 1 aromatic rings. The van der Waals surface area contributed by atoms with Crippen LogP contribution in [-0.2, 0) is 9.59 Å². The highest BCUT2D eigenvalue weighted by Gasteiger charge is 2.34. The number of hydrogen-bond donors (Lipinski definition) is 1. The molecule has 1 N–H and O–H groups in total. The first kappa shape index (κ1) is 13.0. The predicted octanol–water partition coefficient (Wildman–Crippen LogP) is 1.51. The van der Waals surface area contributed by atoms with Gasteiger partial charge in [-0.3, -0.25) is 9.59 Å². The van der Waals surface area contributed by atoms with Crippen molar-refractivity contribution in [1.29, 1.82) is 0 Å². The summed E-state index contributed by atoms with van der Waals surface area (Å²) < 4.78 is 0. The van der Waals surface area contributed by atoms with E-state index in [0.717, 1.165) is 10.6 Å². The largest absolute Gasteiger partial charge is 0.359 e. The fourth-order valence-electron chi connectivity index (χ4n) is 2.12. The Kier molecular flexibility index (Phi) is 3.91. The molecule has 1 fully saturated rings. The van der Waals surface area contributed by atoms with E-state index in [-0.39, 0.29) is 17.7 Å². The smallest absolute Gasteiger partial charge is 0.227 e. The molecule has 0 spiro atoms. The van der Waals surface area contributed by atoms with Crippen LogP contribution >= 0.6 is 11.8 Å². The van der Waals surface area contributed by atoms with E-state index in [0.29, 0.717) is 13.0 Å². The van der Waals surface area contributed by atoms with Crippen molar-refractivity contribution in [2.75, 3.05) is 24.7 Å². The topological polar surface area (TPSA) is 49.4 Å². The zero-order valence-corrected chi connectivity index (χ0v) is 11.3. The molecule has 0 unspecified atom stereocenters. The van der Waals surface area contributed by atoms with E-state index in [4.69, 9.17) is 0 Å². The van der Waals surface area contributed by atoms with Crippen LogP contribution in [0.3, 0.4) is 0 Å². The molecule has 1 aliphatic rings. The van der Waals surface area contributed by atoms with E-state index in [2.05, 4.69) is 5.32 Å². The van der Waals surface area contributed by atoms with Gasteiger partial charge in [0.25, 0.3) is 0 Å². The van der Waals surface area contributed by atoms with Crippen LogP contribution in [0.15, 0.2) is 29.2 Å². The van der Waals surface area contributed by atoms with E-state index in [1.54, 1.807) is 23.7 Å². The number of thioether (sulfide) groups is 1. The Morgan fingerprint density at radius 3 is 2.94 bits per heavy atom. The molecule has 0 aromatic heterocycles. The van der Waals surface area contributed by atoms with Crippen molar-refractivity contribution in [3.63, 3.8) is 0 Å². The summed E-state index contributed by atoms with van der Waals surface area (Å²) in [6.45, 7) is 0.469. The van der Waals surface area contributed by atoms with Gasteiger partial charge >= 0.3 is 0 Å². The second-order valence-corrected chi connectivity index (χ2v) is 5.10. The van der Waals surface area contributed by atoms with E-state index < -0.39 is 0 Å². The molecular weight excluding hydrogens is 248 g/mol. The van der Waals surface area contributed by atoms with Crippen molar-refractivity contribution in [2.24, 2.45) is 5.92 Å². The summed E-state index contributed by atoms with van der Waals surface area (Å²) in [6.07, 6.45) is 2.29. The van der Waals surface area contributed by atoms with Crippen LogP contribution in [0.4, 0.5) is 5.69 Å². The molecule has 1 aliphatic heterocycles. The Bertz CT molecular complexity index is 476. The number of carbonyl (C=O) groups excluding carboxylic acids is 2. The standard InChI is InChI=1S/C13H16N2O2S/c1-14-13(17)9-6-12(16)15(8-9)10-4-3-5-11(7-10)18-2/h3-5,7,9H,6,8H2,1-2H3,(H,14,17)/t9-/m0/s1. The van der Waals surface area contributed by atoms with Gasteiger partial charge in [0.05, 0.1) is 5.92 Å². The predicted molar refractivity (Wildman–Crippen MR) is 72.7 cm³/mol. The minimum absolute atomic E-state index is 0.0156. The van der Waals surface area contributed by atoms with Gasteiger partial charge in [-0.2, -0.15) is 0 Å². The molecule has 2 rings (SSSR count). The fraction of sp³-hybridized carbons (Fsp3) is 0.385. The van der Waals surface area contributed by atoms with Gasteiger partial charge in [0.2, 0.25) is 11.8 Å². The van der Waals surface area contributed by atoms with Crippen molar-refractivity contribution in [3.05, 3.63) is 24.3 Å². The number of nitrogens with one attached hydrogen (secondary N) is 1. The van der Waals surface area contributed by atoms with Crippen molar-refractivity contribution in [1.82, 2.24) is 5.32 Å². The summed E-state index contributed by atoms with van der Waals surface area (Å²) >= 11 is 1.64. The van der Waals surface area contributed by atoms with Crippen LogP contribution in [-0.4, -0.2) is 31.7 Å². The number of amides is 2. The zero-order valence-electron chi connectivity index (χ0n) is 10.5. The number of nitrogens with zero attached hydrogens (tertiary/aromatic N) is 1. The molecule has 2 amide bonds. The van der Waals surface area contributed by atoms with Gasteiger partial charge in [-0.25, -0.2) is 0 Å². The first-order valence-corrected chi connectivity index (χ1v) is 7.04. The average Bonchev–Trinajstić information content (AvgIpc) is 2.80. The first-order chi connectivity index (χ1) is 8.65. The Morgan fingerprint density at radius 1 is 1.50 bits per heavy atom. The van der Waals surface area contributed by atoms with Gasteiger partial charge in [-0.1, -0.05) is 6.07 Å². The maximum absolute atomic E-state index is 11.9. The molecule has 1 aromatic carbocycles. The van der Waals surface area contributed by atoms with Crippen LogP contribution < -0.4 is 10.2 Å². The number of rotatable bonds is 3. The van der Waals surface area contributed by atoms with Crippen molar-refractivity contribution < 1.29 is 9.59 Å². The summed E-state index contributed by atoms with van der Waals surface area (Å²) in [4.78, 5) is 26.3. The molecule has 18 heavy (non-hydrogen) atoms. The van der Waals surface area contributed by atoms with Crippen LogP contribution in [0.2, 0.25) is 0 Å². The molecule has 1 heterocycles. The van der Waals surface area contributed by atoms with Crippen molar-refractivity contribution >= 4 is 29.3 Å². The molecule has 96 valence electrons. The Morgan fingerprint density at radius 2 is 2.28 bits per heavy atom. The Balaban J connectivity index is 2.18. The molecule has 1 saturated heterocycles. The SMILES string of the molecule is CNC(=O)[C@H]1CC(=O)N(c2cccc(SC)c2)C1. The number of hydrogen-bond acceptors (Lipinski definition) is 3. The van der Waals surface area contributed by atoms with E-state index >= 15 is 0 Å². The number of anilines is 1. The molecule has 0 bridgehead atoms. The molecular formula is C13H16N2O2S. The minimum atomic E-state index is -0.236. The average molecular weight is 264 g/mol. The highest BCUT2D eigenvalue weighted by molar-refractivity contribution is 7.98. The Labute approximate surface area is 111 Å². The lowest BCUT2D eigenvalue weighted by Crippen LogP contribution is -2.30. The lowest BCUT2D eigenvalue weighted by molar-refractivity contribution is -0.125. The summed E-state index contributed by atoms with van der Waals surface area (Å²) in [5.74, 6) is -0.283. The lowest BCUT2D eigenvalue weighted by atomic mass is 10.1. The second-order valence-electron chi connectivity index (χ2n) is 4.22. The summed E-state index contributed by atoms with van der Waals surface area (Å²) in [5, 5.41) is 2.60. The van der Waals surface area contributed by atoms with Gasteiger partial charge in [-0.05, 0) is 24.5 Å². The van der Waals surface area contributed by atoms with Crippen LogP contribution in [0.5, 0.6) is 0 Å². The van der Waals surface area contributed by atoms with Crippen molar-refractivity contribution in [2.45, 2.75) is 11.3 Å². The maximum Gasteiger partial charge on any atom is 0.227 e. The summed E-state index contributed by atoms with van der Waals surface area (Å²) in [5.41, 5.74) is 0.873.